The van der Waals surface area contributed by atoms with Gasteiger partial charge < -0.3 is 5.32 Å². The van der Waals surface area contributed by atoms with Gasteiger partial charge in [0.1, 0.15) is 4.47 Å². The summed E-state index contributed by atoms with van der Waals surface area (Å²) in [6, 6.07) is 0.527. The van der Waals surface area contributed by atoms with E-state index in [0.717, 1.165) is 17.5 Å². The Bertz CT molecular complexity index is 513. The van der Waals surface area contributed by atoms with E-state index < -0.39 is 0 Å². The number of halogens is 1. The Morgan fingerprint density at radius 1 is 1.50 bits per heavy atom. The van der Waals surface area contributed by atoms with Gasteiger partial charge in [-0.05, 0) is 54.0 Å². The second-order valence-electron chi connectivity index (χ2n) is 5.42. The molecule has 3 rings (SSSR count). The topological polar surface area (TPSA) is 46.9 Å². The number of fused-ring (bicyclic) bond motifs is 2. The Kier molecular flexibility index (Phi) is 3.18. The molecule has 2 aliphatic rings. The third kappa shape index (κ3) is 1.98. The van der Waals surface area contributed by atoms with E-state index in [2.05, 4.69) is 26.3 Å². The van der Waals surface area contributed by atoms with Gasteiger partial charge in [0, 0.05) is 12.6 Å². The molecule has 1 N–H and O–H groups in total. The van der Waals surface area contributed by atoms with E-state index >= 15 is 0 Å². The molecule has 0 aliphatic heterocycles. The minimum Gasteiger partial charge on any atom is -0.380 e. The lowest BCUT2D eigenvalue weighted by atomic mass is 9.95. The first-order chi connectivity index (χ1) is 8.69. The van der Waals surface area contributed by atoms with Crippen LogP contribution in [-0.2, 0) is 6.54 Å². The SMILES string of the molecule is CCn1ncc(NC2CC3CCC2C3)c(Br)c1=O. The lowest BCUT2D eigenvalue weighted by Gasteiger charge is -2.24. The fourth-order valence-corrected chi connectivity index (χ4v) is 3.83. The van der Waals surface area contributed by atoms with Gasteiger partial charge in [-0.25, -0.2) is 4.68 Å². The van der Waals surface area contributed by atoms with E-state index in [-0.39, 0.29) is 5.56 Å². The molecular formula is C13H18BrN3O. The Hall–Kier alpha value is -0.840. The molecule has 1 heterocycles. The van der Waals surface area contributed by atoms with Crippen LogP contribution in [0.1, 0.15) is 32.6 Å². The zero-order chi connectivity index (χ0) is 12.7. The lowest BCUT2D eigenvalue weighted by Crippen LogP contribution is -2.29. The van der Waals surface area contributed by atoms with Crippen molar-refractivity contribution in [1.82, 2.24) is 9.78 Å². The molecular weight excluding hydrogens is 294 g/mol. The van der Waals surface area contributed by atoms with Crippen molar-refractivity contribution in [3.63, 3.8) is 0 Å². The fraction of sp³-hybridized carbons (Fsp3) is 0.692. The number of aromatic nitrogens is 2. The number of nitrogens with one attached hydrogen (secondary N) is 1. The van der Waals surface area contributed by atoms with Crippen molar-refractivity contribution >= 4 is 21.6 Å². The van der Waals surface area contributed by atoms with Crippen LogP contribution < -0.4 is 10.9 Å². The van der Waals surface area contributed by atoms with Gasteiger partial charge in [-0.2, -0.15) is 5.10 Å². The second-order valence-corrected chi connectivity index (χ2v) is 6.21. The van der Waals surface area contributed by atoms with Crippen molar-refractivity contribution < 1.29 is 0 Å². The Balaban J connectivity index is 1.81. The van der Waals surface area contributed by atoms with Crippen LogP contribution in [0, 0.1) is 11.8 Å². The summed E-state index contributed by atoms with van der Waals surface area (Å²) in [4.78, 5) is 12.0. The molecule has 0 spiro atoms. The van der Waals surface area contributed by atoms with Crippen molar-refractivity contribution in [2.75, 3.05) is 5.32 Å². The molecule has 0 saturated heterocycles. The highest BCUT2D eigenvalue weighted by Gasteiger charge is 2.39. The average Bonchev–Trinajstić information content (AvgIpc) is 2.97. The Labute approximate surface area is 115 Å². The highest BCUT2D eigenvalue weighted by molar-refractivity contribution is 9.10. The van der Waals surface area contributed by atoms with Crippen LogP contribution in [0.5, 0.6) is 0 Å². The molecule has 3 unspecified atom stereocenters. The molecule has 4 nitrogen and oxygen atoms in total. The zero-order valence-electron chi connectivity index (χ0n) is 10.5. The first-order valence-electron chi connectivity index (χ1n) is 6.71. The first kappa shape index (κ1) is 12.2. The maximum atomic E-state index is 12.0. The fourth-order valence-electron chi connectivity index (χ4n) is 3.41. The Morgan fingerprint density at radius 2 is 2.33 bits per heavy atom. The summed E-state index contributed by atoms with van der Waals surface area (Å²) in [7, 11) is 0. The van der Waals surface area contributed by atoms with Crippen LogP contribution >= 0.6 is 15.9 Å². The third-order valence-electron chi connectivity index (χ3n) is 4.36. The zero-order valence-corrected chi connectivity index (χ0v) is 12.1. The first-order valence-corrected chi connectivity index (χ1v) is 7.50. The maximum absolute atomic E-state index is 12.0. The molecule has 2 fully saturated rings. The van der Waals surface area contributed by atoms with Gasteiger partial charge in [0.25, 0.3) is 5.56 Å². The van der Waals surface area contributed by atoms with Crippen LogP contribution in [0.3, 0.4) is 0 Å². The van der Waals surface area contributed by atoms with E-state index in [1.54, 1.807) is 6.20 Å². The number of hydrogen-bond acceptors (Lipinski definition) is 3. The minimum atomic E-state index is -0.0503. The standard InChI is InChI=1S/C13H18BrN3O/c1-2-17-13(18)12(14)11(7-15-17)16-10-6-8-3-4-9(10)5-8/h7-10,16H,2-6H2,1H3. The van der Waals surface area contributed by atoms with Crippen LogP contribution in [0.2, 0.25) is 0 Å². The van der Waals surface area contributed by atoms with Gasteiger partial charge in [-0.1, -0.05) is 6.42 Å². The predicted octanol–water partition coefficient (Wildman–Crippen LogP) is 2.63. The Morgan fingerprint density at radius 3 is 2.94 bits per heavy atom. The summed E-state index contributed by atoms with van der Waals surface area (Å²) in [5, 5.41) is 7.68. The quantitative estimate of drug-likeness (QED) is 0.933. The van der Waals surface area contributed by atoms with Gasteiger partial charge >= 0.3 is 0 Å². The van der Waals surface area contributed by atoms with Gasteiger partial charge in [-0.3, -0.25) is 4.79 Å². The molecule has 18 heavy (non-hydrogen) atoms. The molecule has 5 heteroatoms. The summed E-state index contributed by atoms with van der Waals surface area (Å²) in [5.41, 5.74) is 0.799. The molecule has 98 valence electrons. The molecule has 0 radical (unpaired) electrons. The van der Waals surface area contributed by atoms with Crippen molar-refractivity contribution in [3.8, 4) is 0 Å². The van der Waals surface area contributed by atoms with Gasteiger partial charge in [0.15, 0.2) is 0 Å². The van der Waals surface area contributed by atoms with E-state index in [9.17, 15) is 4.79 Å². The van der Waals surface area contributed by atoms with Gasteiger partial charge in [0.2, 0.25) is 0 Å². The van der Waals surface area contributed by atoms with E-state index in [0.29, 0.717) is 17.1 Å². The number of rotatable bonds is 3. The van der Waals surface area contributed by atoms with Crippen LogP contribution in [-0.4, -0.2) is 15.8 Å². The summed E-state index contributed by atoms with van der Waals surface area (Å²) in [5.74, 6) is 1.69. The molecule has 2 saturated carbocycles. The molecule has 1 aromatic rings. The lowest BCUT2D eigenvalue weighted by molar-refractivity contribution is 0.439. The van der Waals surface area contributed by atoms with Crippen LogP contribution in [0.25, 0.3) is 0 Å². The summed E-state index contributed by atoms with van der Waals surface area (Å²) < 4.78 is 2.08. The number of aryl methyl sites for hydroxylation is 1. The van der Waals surface area contributed by atoms with Crippen molar-refractivity contribution in [2.45, 2.75) is 45.2 Å². The normalized spacial score (nSPS) is 29.8. The molecule has 0 amide bonds. The van der Waals surface area contributed by atoms with Crippen molar-refractivity contribution in [3.05, 3.63) is 21.0 Å². The van der Waals surface area contributed by atoms with Crippen molar-refractivity contribution in [2.24, 2.45) is 11.8 Å². The number of anilines is 1. The van der Waals surface area contributed by atoms with E-state index in [1.807, 2.05) is 6.92 Å². The molecule has 2 bridgehead atoms. The largest absolute Gasteiger partial charge is 0.380 e. The predicted molar refractivity (Wildman–Crippen MR) is 74.7 cm³/mol. The van der Waals surface area contributed by atoms with Gasteiger partial charge in [-0.15, -0.1) is 0 Å². The highest BCUT2D eigenvalue weighted by Crippen LogP contribution is 2.45. The van der Waals surface area contributed by atoms with E-state index in [1.165, 1.54) is 30.4 Å². The molecule has 3 atom stereocenters. The highest BCUT2D eigenvalue weighted by atomic mass is 79.9. The number of hydrogen-bond donors (Lipinski definition) is 1. The summed E-state index contributed by atoms with van der Waals surface area (Å²) in [6.07, 6.45) is 7.09. The molecule has 0 aromatic carbocycles. The van der Waals surface area contributed by atoms with Crippen LogP contribution in [0.15, 0.2) is 15.5 Å². The smallest absolute Gasteiger partial charge is 0.283 e. The van der Waals surface area contributed by atoms with Gasteiger partial charge in [0.05, 0.1) is 11.9 Å². The molecule has 2 aliphatic carbocycles. The monoisotopic (exact) mass is 311 g/mol. The minimum absolute atomic E-state index is 0.0503. The summed E-state index contributed by atoms with van der Waals surface area (Å²) >= 11 is 3.40. The van der Waals surface area contributed by atoms with Crippen LogP contribution in [0.4, 0.5) is 5.69 Å². The average molecular weight is 312 g/mol. The maximum Gasteiger partial charge on any atom is 0.283 e. The number of nitrogens with zero attached hydrogens (tertiary/aromatic N) is 2. The summed E-state index contributed by atoms with van der Waals surface area (Å²) in [6.45, 7) is 2.52. The van der Waals surface area contributed by atoms with E-state index in [4.69, 9.17) is 0 Å². The third-order valence-corrected chi connectivity index (χ3v) is 5.13. The second kappa shape index (κ2) is 4.68. The molecule has 1 aromatic heterocycles. The van der Waals surface area contributed by atoms with Crippen molar-refractivity contribution in [1.29, 1.82) is 0 Å².